The molecule has 1 N–H and O–H groups in total. The van der Waals surface area contributed by atoms with Gasteiger partial charge in [-0.2, -0.15) is 0 Å². The van der Waals surface area contributed by atoms with Crippen molar-refractivity contribution in [3.8, 4) is 0 Å². The third kappa shape index (κ3) is 5.38. The number of carbonyl (C=O) groups is 2. The highest BCUT2D eigenvalue weighted by atomic mass is 35.5. The fourth-order valence-electron chi connectivity index (χ4n) is 1.91. The second-order valence-corrected chi connectivity index (χ2v) is 5.60. The number of nitrogens with zero attached hydrogens (tertiary/aromatic N) is 1. The van der Waals surface area contributed by atoms with Gasteiger partial charge in [0.15, 0.2) is 6.61 Å². The van der Waals surface area contributed by atoms with Crippen LogP contribution in [-0.2, 0) is 20.7 Å². The number of carbonyl (C=O) groups excluding carboxylic acids is 2. The zero-order valence-electron chi connectivity index (χ0n) is 12.9. The number of amides is 1. The number of hydrogen-bond acceptors (Lipinski definition) is 4. The predicted molar refractivity (Wildman–Crippen MR) is 88.5 cm³/mol. The molecule has 0 radical (unpaired) electrons. The zero-order chi connectivity index (χ0) is 16.8. The molecule has 2 aromatic rings. The summed E-state index contributed by atoms with van der Waals surface area (Å²) < 4.78 is 4.97. The third-order valence-corrected chi connectivity index (χ3v) is 3.50. The Morgan fingerprint density at radius 2 is 1.96 bits per heavy atom. The molecule has 0 aliphatic carbocycles. The van der Waals surface area contributed by atoms with Crippen molar-refractivity contribution >= 4 is 29.3 Å². The van der Waals surface area contributed by atoms with Crippen molar-refractivity contribution in [1.29, 1.82) is 0 Å². The van der Waals surface area contributed by atoms with E-state index in [0.29, 0.717) is 10.8 Å². The quantitative estimate of drug-likeness (QED) is 0.854. The summed E-state index contributed by atoms with van der Waals surface area (Å²) in [6, 6.07) is 8.94. The zero-order valence-corrected chi connectivity index (χ0v) is 13.7. The van der Waals surface area contributed by atoms with E-state index in [4.69, 9.17) is 16.3 Å². The Balaban J connectivity index is 1.80. The number of pyridine rings is 1. The van der Waals surface area contributed by atoms with E-state index in [1.54, 1.807) is 12.1 Å². The first kappa shape index (κ1) is 17.0. The van der Waals surface area contributed by atoms with Crippen LogP contribution in [0.5, 0.6) is 0 Å². The second kappa shape index (κ2) is 7.74. The van der Waals surface area contributed by atoms with Crippen LogP contribution in [0.3, 0.4) is 0 Å². The molecule has 1 aromatic carbocycles. The van der Waals surface area contributed by atoms with E-state index in [2.05, 4.69) is 10.3 Å². The van der Waals surface area contributed by atoms with Gasteiger partial charge < -0.3 is 10.1 Å². The minimum Gasteiger partial charge on any atom is -0.455 e. The molecule has 0 aliphatic rings. The van der Waals surface area contributed by atoms with Crippen LogP contribution in [0.1, 0.15) is 16.7 Å². The first-order valence-corrected chi connectivity index (χ1v) is 7.45. The normalized spacial score (nSPS) is 10.2. The van der Waals surface area contributed by atoms with Gasteiger partial charge in [-0.25, -0.2) is 4.98 Å². The van der Waals surface area contributed by atoms with Crippen molar-refractivity contribution in [2.24, 2.45) is 0 Å². The Labute approximate surface area is 139 Å². The van der Waals surface area contributed by atoms with Crippen molar-refractivity contribution < 1.29 is 14.3 Å². The summed E-state index contributed by atoms with van der Waals surface area (Å²) in [5, 5.41) is 2.99. The molecule has 0 bridgehead atoms. The number of ether oxygens (including phenoxy) is 1. The van der Waals surface area contributed by atoms with E-state index in [0.717, 1.165) is 16.7 Å². The molecule has 0 atom stereocenters. The summed E-state index contributed by atoms with van der Waals surface area (Å²) >= 11 is 5.70. The predicted octanol–water partition coefficient (Wildman–Crippen LogP) is 3.08. The lowest BCUT2D eigenvalue weighted by Gasteiger charge is -2.07. The number of esters is 1. The van der Waals surface area contributed by atoms with E-state index in [1.165, 1.54) is 6.20 Å². The Bertz CT molecular complexity index is 714. The molecule has 0 spiro atoms. The van der Waals surface area contributed by atoms with Crippen molar-refractivity contribution in [3.63, 3.8) is 0 Å². The maximum absolute atomic E-state index is 11.8. The Hall–Kier alpha value is -2.40. The summed E-state index contributed by atoms with van der Waals surface area (Å²) in [5.74, 6) is -0.551. The number of anilines is 1. The molecule has 120 valence electrons. The molecule has 0 aliphatic heterocycles. The van der Waals surface area contributed by atoms with Gasteiger partial charge in [0.25, 0.3) is 5.91 Å². The van der Waals surface area contributed by atoms with Crippen LogP contribution in [0.4, 0.5) is 5.82 Å². The van der Waals surface area contributed by atoms with Gasteiger partial charge in [0.1, 0.15) is 5.82 Å². The molecule has 0 saturated heterocycles. The SMILES string of the molecule is Cc1ccc(CC(=O)OCC(=O)Nc2ccc(Cl)cn2)cc1C. The van der Waals surface area contributed by atoms with Crippen LogP contribution in [0.2, 0.25) is 5.02 Å². The third-order valence-electron chi connectivity index (χ3n) is 3.28. The minimum atomic E-state index is -0.451. The van der Waals surface area contributed by atoms with Crippen molar-refractivity contribution in [2.45, 2.75) is 20.3 Å². The topological polar surface area (TPSA) is 68.3 Å². The van der Waals surface area contributed by atoms with Crippen LogP contribution in [-0.4, -0.2) is 23.5 Å². The number of halogens is 1. The standard InChI is InChI=1S/C17H17ClN2O3/c1-11-3-4-13(7-12(11)2)8-17(22)23-10-16(21)20-15-6-5-14(18)9-19-15/h3-7,9H,8,10H2,1-2H3,(H,19,20,21). The number of aryl methyl sites for hydroxylation is 2. The monoisotopic (exact) mass is 332 g/mol. The van der Waals surface area contributed by atoms with Crippen molar-refractivity contribution in [3.05, 3.63) is 58.2 Å². The van der Waals surface area contributed by atoms with Crippen LogP contribution < -0.4 is 5.32 Å². The second-order valence-electron chi connectivity index (χ2n) is 5.17. The Morgan fingerprint density at radius 3 is 2.61 bits per heavy atom. The summed E-state index contributed by atoms with van der Waals surface area (Å²) in [4.78, 5) is 27.4. The maximum atomic E-state index is 11.8. The molecule has 1 amide bonds. The lowest BCUT2D eigenvalue weighted by molar-refractivity contribution is -0.146. The molecular weight excluding hydrogens is 316 g/mol. The fraction of sp³-hybridized carbons (Fsp3) is 0.235. The molecule has 5 nitrogen and oxygen atoms in total. The number of aromatic nitrogens is 1. The summed E-state index contributed by atoms with van der Waals surface area (Å²) in [6.45, 7) is 3.64. The highest BCUT2D eigenvalue weighted by molar-refractivity contribution is 6.30. The number of benzene rings is 1. The minimum absolute atomic E-state index is 0.133. The number of nitrogens with one attached hydrogen (secondary N) is 1. The van der Waals surface area contributed by atoms with Crippen molar-refractivity contribution in [2.75, 3.05) is 11.9 Å². The van der Waals surface area contributed by atoms with Gasteiger partial charge in [0, 0.05) is 6.20 Å². The average Bonchev–Trinajstić information content (AvgIpc) is 2.51. The molecule has 6 heteroatoms. The van der Waals surface area contributed by atoms with Gasteiger partial charge >= 0.3 is 5.97 Å². The number of hydrogen-bond donors (Lipinski definition) is 1. The molecule has 2 rings (SSSR count). The molecular formula is C17H17ClN2O3. The smallest absolute Gasteiger partial charge is 0.310 e. The van der Waals surface area contributed by atoms with Gasteiger partial charge in [0.2, 0.25) is 0 Å². The van der Waals surface area contributed by atoms with E-state index >= 15 is 0 Å². The summed E-state index contributed by atoms with van der Waals surface area (Å²) in [5.41, 5.74) is 3.14. The van der Waals surface area contributed by atoms with Gasteiger partial charge in [-0.3, -0.25) is 9.59 Å². The average molecular weight is 333 g/mol. The van der Waals surface area contributed by atoms with Crippen LogP contribution >= 0.6 is 11.6 Å². The molecule has 1 heterocycles. The van der Waals surface area contributed by atoms with Gasteiger partial charge in [-0.15, -0.1) is 0 Å². The maximum Gasteiger partial charge on any atom is 0.310 e. The lowest BCUT2D eigenvalue weighted by Crippen LogP contribution is -2.22. The summed E-state index contributed by atoms with van der Waals surface area (Å²) in [6.07, 6.45) is 1.55. The highest BCUT2D eigenvalue weighted by Gasteiger charge is 2.10. The molecule has 0 fully saturated rings. The highest BCUT2D eigenvalue weighted by Crippen LogP contribution is 2.11. The molecule has 23 heavy (non-hydrogen) atoms. The molecule has 0 saturated carbocycles. The largest absolute Gasteiger partial charge is 0.455 e. The van der Waals surface area contributed by atoms with Crippen molar-refractivity contribution in [1.82, 2.24) is 4.98 Å². The van der Waals surface area contributed by atoms with E-state index in [1.807, 2.05) is 32.0 Å². The van der Waals surface area contributed by atoms with E-state index in [-0.39, 0.29) is 13.0 Å². The first-order chi connectivity index (χ1) is 10.9. The van der Waals surface area contributed by atoms with Gasteiger partial charge in [-0.05, 0) is 42.7 Å². The van der Waals surface area contributed by atoms with Crippen LogP contribution in [0.15, 0.2) is 36.5 Å². The van der Waals surface area contributed by atoms with Gasteiger partial charge in [0.05, 0.1) is 11.4 Å². The first-order valence-electron chi connectivity index (χ1n) is 7.07. The summed E-state index contributed by atoms with van der Waals surface area (Å²) in [7, 11) is 0. The van der Waals surface area contributed by atoms with E-state index < -0.39 is 11.9 Å². The molecule has 0 unspecified atom stereocenters. The van der Waals surface area contributed by atoms with Crippen LogP contribution in [0.25, 0.3) is 0 Å². The molecule has 1 aromatic heterocycles. The Kier molecular flexibility index (Phi) is 5.71. The fourth-order valence-corrected chi connectivity index (χ4v) is 2.02. The Morgan fingerprint density at radius 1 is 1.17 bits per heavy atom. The van der Waals surface area contributed by atoms with Crippen LogP contribution in [0, 0.1) is 13.8 Å². The van der Waals surface area contributed by atoms with E-state index in [9.17, 15) is 9.59 Å². The lowest BCUT2D eigenvalue weighted by atomic mass is 10.0. The number of rotatable bonds is 5. The van der Waals surface area contributed by atoms with Gasteiger partial charge in [-0.1, -0.05) is 29.8 Å².